The number of aliphatic hydroxyl groups excluding tert-OH is 1. The van der Waals surface area contributed by atoms with Crippen molar-refractivity contribution in [2.45, 2.75) is 25.7 Å². The van der Waals surface area contributed by atoms with E-state index in [1.807, 2.05) is 0 Å². The molecule has 0 radical (unpaired) electrons. The first-order chi connectivity index (χ1) is 5.50. The molecular weight excluding hydrogens is 178 g/mol. The summed E-state index contributed by atoms with van der Waals surface area (Å²) in [4.78, 5) is 12.5. The Morgan fingerprint density at radius 2 is 2.08 bits per heavy atom. The third kappa shape index (κ3) is 3.42. The summed E-state index contributed by atoms with van der Waals surface area (Å²) < 4.78 is 0. The van der Waals surface area contributed by atoms with Crippen LogP contribution in [-0.4, -0.2) is 46.2 Å². The molecule has 2 N–H and O–H groups in total. The molecule has 0 fully saturated rings. The molecule has 12 heavy (non-hydrogen) atoms. The van der Waals surface area contributed by atoms with Gasteiger partial charge in [0.1, 0.15) is 0 Å². The highest BCUT2D eigenvalue weighted by molar-refractivity contribution is 7.80. The van der Waals surface area contributed by atoms with Crippen molar-refractivity contribution in [3.63, 3.8) is 0 Å². The topological polar surface area (TPSA) is 60.8 Å². The fourth-order valence-corrected chi connectivity index (χ4v) is 0.890. The van der Waals surface area contributed by atoms with Crippen LogP contribution in [0.25, 0.3) is 0 Å². The van der Waals surface area contributed by atoms with Crippen molar-refractivity contribution >= 4 is 18.5 Å². The van der Waals surface area contributed by atoms with Crippen LogP contribution in [0.15, 0.2) is 0 Å². The third-order valence-electron chi connectivity index (χ3n) is 1.76. The van der Waals surface area contributed by atoms with Gasteiger partial charge in [-0.25, -0.2) is 0 Å². The molecule has 4 nitrogen and oxygen atoms in total. The van der Waals surface area contributed by atoms with E-state index in [0.29, 0.717) is 12.2 Å². The van der Waals surface area contributed by atoms with Gasteiger partial charge in [-0.3, -0.25) is 4.79 Å². The quantitative estimate of drug-likeness (QED) is 0.415. The number of carbonyl (C=O) groups is 1. The number of aliphatic hydroxyl groups is 2. The Morgan fingerprint density at radius 1 is 1.58 bits per heavy atom. The molecule has 0 aromatic rings. The van der Waals surface area contributed by atoms with E-state index in [2.05, 4.69) is 12.6 Å². The van der Waals surface area contributed by atoms with Gasteiger partial charge in [0.25, 0.3) is 0 Å². The summed E-state index contributed by atoms with van der Waals surface area (Å²) in [6.07, 6.45) is -1.17. The zero-order valence-corrected chi connectivity index (χ0v) is 8.16. The van der Waals surface area contributed by atoms with Gasteiger partial charge in [0.05, 0.1) is 6.04 Å². The molecule has 0 aromatic heterocycles. The Balaban J connectivity index is 4.00. The summed E-state index contributed by atoms with van der Waals surface area (Å²) >= 11 is 3.90. The Kier molecular flexibility index (Phi) is 5.28. The highest BCUT2D eigenvalue weighted by Crippen LogP contribution is 2.02. The second-order valence-corrected chi connectivity index (χ2v) is 3.08. The zero-order chi connectivity index (χ0) is 9.72. The van der Waals surface area contributed by atoms with E-state index in [9.17, 15) is 4.79 Å². The summed E-state index contributed by atoms with van der Waals surface area (Å²) in [5.41, 5.74) is 0. The van der Waals surface area contributed by atoms with E-state index < -0.39 is 12.3 Å². The van der Waals surface area contributed by atoms with Crippen molar-refractivity contribution in [3.05, 3.63) is 0 Å². The highest BCUT2D eigenvalue weighted by Gasteiger charge is 2.19. The van der Waals surface area contributed by atoms with Gasteiger partial charge in [0.2, 0.25) is 5.91 Å². The number of rotatable bonds is 4. The second-order valence-electron chi connectivity index (χ2n) is 2.63. The second kappa shape index (κ2) is 5.40. The predicted octanol–water partition coefficient (Wildman–Crippen LogP) is -0.536. The van der Waals surface area contributed by atoms with Gasteiger partial charge in [-0.15, -0.1) is 0 Å². The van der Waals surface area contributed by atoms with Crippen molar-refractivity contribution in [1.29, 1.82) is 0 Å². The van der Waals surface area contributed by atoms with Crippen LogP contribution in [-0.2, 0) is 4.79 Å². The summed E-state index contributed by atoms with van der Waals surface area (Å²) in [6, 6.07) is -0.572. The molecule has 0 aliphatic heterocycles. The molecule has 5 heteroatoms. The minimum Gasteiger partial charge on any atom is -0.366 e. The Hall–Kier alpha value is -0.260. The maximum atomic E-state index is 11.1. The number of hydrogen-bond donors (Lipinski definition) is 3. The van der Waals surface area contributed by atoms with Gasteiger partial charge in [0.15, 0.2) is 6.29 Å². The summed E-state index contributed by atoms with van der Waals surface area (Å²) in [5.74, 6) is 0.336. The van der Waals surface area contributed by atoms with Gasteiger partial charge in [-0.1, -0.05) is 0 Å². The molecule has 0 saturated heterocycles. The van der Waals surface area contributed by atoms with Gasteiger partial charge in [0, 0.05) is 13.5 Å². The molecule has 1 amide bonds. The largest absolute Gasteiger partial charge is 0.366 e. The zero-order valence-electron chi connectivity index (χ0n) is 7.27. The number of nitrogens with zero attached hydrogens (tertiary/aromatic N) is 1. The molecular formula is C7H15NO3S. The molecule has 0 unspecified atom stereocenters. The maximum Gasteiger partial charge on any atom is 0.223 e. The Bertz CT molecular complexity index is 152. The molecule has 1 atom stereocenters. The number of hydrogen-bond acceptors (Lipinski definition) is 4. The van der Waals surface area contributed by atoms with E-state index in [1.165, 1.54) is 11.9 Å². The minimum atomic E-state index is -1.49. The average molecular weight is 193 g/mol. The first kappa shape index (κ1) is 11.7. The van der Waals surface area contributed by atoms with E-state index in [1.54, 1.807) is 6.92 Å². The number of thiol groups is 1. The summed E-state index contributed by atoms with van der Waals surface area (Å²) in [7, 11) is 1.54. The number of likely N-dealkylation sites (N-methyl/N-ethyl adjacent to an activating group) is 1. The van der Waals surface area contributed by atoms with Crippen LogP contribution in [0.3, 0.4) is 0 Å². The fraction of sp³-hybridized carbons (Fsp3) is 0.857. The van der Waals surface area contributed by atoms with Gasteiger partial charge in [-0.05, 0) is 12.7 Å². The number of carbonyl (C=O) groups excluding carboxylic acids is 1. The maximum absolute atomic E-state index is 11.1. The van der Waals surface area contributed by atoms with Gasteiger partial charge >= 0.3 is 0 Å². The van der Waals surface area contributed by atoms with Crippen molar-refractivity contribution in [1.82, 2.24) is 4.90 Å². The SMILES string of the molecule is C[C@@H](C(O)O)N(C)C(=O)CCS. The van der Waals surface area contributed by atoms with Crippen LogP contribution in [0.5, 0.6) is 0 Å². The first-order valence-corrected chi connectivity index (χ1v) is 4.36. The van der Waals surface area contributed by atoms with Gasteiger partial charge in [-0.2, -0.15) is 12.6 Å². The lowest BCUT2D eigenvalue weighted by Gasteiger charge is -2.25. The minimum absolute atomic E-state index is 0.134. The summed E-state index contributed by atoms with van der Waals surface area (Å²) in [5, 5.41) is 17.5. The molecule has 0 rings (SSSR count). The van der Waals surface area contributed by atoms with E-state index >= 15 is 0 Å². The van der Waals surface area contributed by atoms with Crippen molar-refractivity contribution in [3.8, 4) is 0 Å². The molecule has 0 bridgehead atoms. The average Bonchev–Trinajstić information content (AvgIpc) is 2.02. The molecule has 0 aliphatic rings. The molecule has 0 saturated carbocycles. The van der Waals surface area contributed by atoms with E-state index in [0.717, 1.165) is 0 Å². The molecule has 0 aromatic carbocycles. The van der Waals surface area contributed by atoms with Crippen LogP contribution in [0.4, 0.5) is 0 Å². The van der Waals surface area contributed by atoms with Crippen LogP contribution in [0.1, 0.15) is 13.3 Å². The molecule has 72 valence electrons. The number of amides is 1. The van der Waals surface area contributed by atoms with Crippen molar-refractivity contribution in [2.24, 2.45) is 0 Å². The van der Waals surface area contributed by atoms with Gasteiger partial charge < -0.3 is 15.1 Å². The molecule has 0 spiro atoms. The lowest BCUT2D eigenvalue weighted by atomic mass is 10.2. The van der Waals surface area contributed by atoms with Crippen LogP contribution in [0, 0.1) is 0 Å². The predicted molar refractivity (Wildman–Crippen MR) is 48.9 cm³/mol. The normalized spacial score (nSPS) is 13.2. The van der Waals surface area contributed by atoms with E-state index in [4.69, 9.17) is 10.2 Å². The van der Waals surface area contributed by atoms with Crippen molar-refractivity contribution < 1.29 is 15.0 Å². The van der Waals surface area contributed by atoms with Crippen LogP contribution in [0.2, 0.25) is 0 Å². The molecule has 0 heterocycles. The Labute approximate surface area is 77.6 Å². The fourth-order valence-electron chi connectivity index (χ4n) is 0.699. The monoisotopic (exact) mass is 193 g/mol. The lowest BCUT2D eigenvalue weighted by Crippen LogP contribution is -2.42. The highest BCUT2D eigenvalue weighted by atomic mass is 32.1. The third-order valence-corrected chi connectivity index (χ3v) is 1.99. The first-order valence-electron chi connectivity index (χ1n) is 3.73. The van der Waals surface area contributed by atoms with Crippen LogP contribution < -0.4 is 0 Å². The summed E-state index contributed by atoms with van der Waals surface area (Å²) in [6.45, 7) is 1.57. The van der Waals surface area contributed by atoms with Crippen LogP contribution >= 0.6 is 12.6 Å². The molecule has 0 aliphatic carbocycles. The van der Waals surface area contributed by atoms with E-state index in [-0.39, 0.29) is 5.91 Å². The smallest absolute Gasteiger partial charge is 0.223 e. The standard InChI is InChI=1S/C7H15NO3S/c1-5(7(10)11)8(2)6(9)3-4-12/h5,7,10-12H,3-4H2,1-2H3/t5-/m0/s1. The Morgan fingerprint density at radius 3 is 2.42 bits per heavy atom. The lowest BCUT2D eigenvalue weighted by molar-refractivity contribution is -0.142. The van der Waals surface area contributed by atoms with Crippen molar-refractivity contribution in [2.75, 3.05) is 12.8 Å².